The lowest BCUT2D eigenvalue weighted by atomic mass is 9.99. The number of halogens is 4. The molecule has 1 fully saturated rings. The molecule has 0 bridgehead atoms. The fraction of sp³-hybridized carbons (Fsp3) is 0.462. The van der Waals surface area contributed by atoms with E-state index in [1.54, 1.807) is 0 Å². The smallest absolute Gasteiger partial charge is 0.326 e. The molecule has 1 amide bonds. The summed E-state index contributed by atoms with van der Waals surface area (Å²) in [5.74, 6) is -0.408. The number of piperidine rings is 1. The zero-order valence-corrected chi connectivity index (χ0v) is 11.5. The van der Waals surface area contributed by atoms with Crippen molar-refractivity contribution in [3.63, 3.8) is 0 Å². The van der Waals surface area contributed by atoms with E-state index in [0.717, 1.165) is 31.5 Å². The molecule has 0 saturated carbocycles. The van der Waals surface area contributed by atoms with Crippen LogP contribution in [0.4, 0.5) is 18.9 Å². The summed E-state index contributed by atoms with van der Waals surface area (Å²) >= 11 is 0. The van der Waals surface area contributed by atoms with Gasteiger partial charge in [0.25, 0.3) is 0 Å². The van der Waals surface area contributed by atoms with Crippen LogP contribution in [0, 0.1) is 5.92 Å². The van der Waals surface area contributed by atoms with Gasteiger partial charge in [-0.3, -0.25) is 4.79 Å². The number of anilines is 1. The maximum atomic E-state index is 12.5. The Bertz CT molecular complexity index is 459. The third-order valence-electron chi connectivity index (χ3n) is 3.13. The number of carbonyl (C=O) groups excluding carboxylic acids is 1. The molecule has 20 heavy (non-hydrogen) atoms. The average Bonchev–Trinajstić information content (AvgIpc) is 2.39. The van der Waals surface area contributed by atoms with Gasteiger partial charge >= 0.3 is 6.18 Å². The van der Waals surface area contributed by atoms with Crippen LogP contribution in [0.15, 0.2) is 24.3 Å². The standard InChI is InChI=1S/C13H15F3N2O.ClH/c14-13(15,16)10-4-1-5-11(7-10)18-12(19)9-3-2-6-17-8-9;/h1,4-5,7,9,17H,2-3,6,8H2,(H,18,19);1H. The molecule has 0 aromatic heterocycles. The van der Waals surface area contributed by atoms with Crippen molar-refractivity contribution in [1.82, 2.24) is 5.32 Å². The summed E-state index contributed by atoms with van der Waals surface area (Å²) in [5, 5.41) is 5.64. The predicted molar refractivity (Wildman–Crippen MR) is 72.9 cm³/mol. The SMILES string of the molecule is Cl.O=C(Nc1cccc(C(F)(F)F)c1)C1CCCNC1. The molecular weight excluding hydrogens is 293 g/mol. The molecule has 0 aliphatic carbocycles. The van der Waals surface area contributed by atoms with Gasteiger partial charge in [-0.1, -0.05) is 6.07 Å². The van der Waals surface area contributed by atoms with Crippen LogP contribution in [0.2, 0.25) is 0 Å². The third-order valence-corrected chi connectivity index (χ3v) is 3.13. The Morgan fingerprint density at radius 2 is 2.10 bits per heavy atom. The van der Waals surface area contributed by atoms with Crippen LogP contribution in [-0.4, -0.2) is 19.0 Å². The summed E-state index contributed by atoms with van der Waals surface area (Å²) in [7, 11) is 0. The number of hydrogen-bond acceptors (Lipinski definition) is 2. The third kappa shape index (κ3) is 4.38. The topological polar surface area (TPSA) is 41.1 Å². The summed E-state index contributed by atoms with van der Waals surface area (Å²) < 4.78 is 37.6. The first kappa shape index (κ1) is 16.8. The second-order valence-corrected chi connectivity index (χ2v) is 4.61. The highest BCUT2D eigenvalue weighted by atomic mass is 35.5. The van der Waals surface area contributed by atoms with E-state index in [4.69, 9.17) is 0 Å². The molecule has 1 unspecified atom stereocenters. The summed E-state index contributed by atoms with van der Waals surface area (Å²) in [4.78, 5) is 11.9. The molecule has 112 valence electrons. The Hall–Kier alpha value is -1.27. The van der Waals surface area contributed by atoms with Crippen LogP contribution >= 0.6 is 12.4 Å². The molecule has 0 spiro atoms. The molecule has 1 aliphatic heterocycles. The molecule has 2 N–H and O–H groups in total. The molecule has 1 aromatic rings. The van der Waals surface area contributed by atoms with Gasteiger partial charge in [-0.25, -0.2) is 0 Å². The Kier molecular flexibility index (Phi) is 5.83. The summed E-state index contributed by atoms with van der Waals surface area (Å²) in [5.41, 5.74) is -0.572. The Balaban J connectivity index is 0.00000200. The number of rotatable bonds is 2. The minimum Gasteiger partial charge on any atom is -0.326 e. The number of hydrogen-bond donors (Lipinski definition) is 2. The van der Waals surface area contributed by atoms with Gasteiger partial charge in [-0.2, -0.15) is 13.2 Å². The predicted octanol–water partition coefficient (Wildman–Crippen LogP) is 3.07. The van der Waals surface area contributed by atoms with Gasteiger partial charge in [0.15, 0.2) is 0 Å². The fourth-order valence-electron chi connectivity index (χ4n) is 2.09. The fourth-order valence-corrected chi connectivity index (χ4v) is 2.09. The molecule has 1 heterocycles. The van der Waals surface area contributed by atoms with Gasteiger partial charge in [-0.05, 0) is 37.6 Å². The molecule has 1 atom stereocenters. The van der Waals surface area contributed by atoms with Crippen molar-refractivity contribution in [2.75, 3.05) is 18.4 Å². The van der Waals surface area contributed by atoms with Crippen LogP contribution in [0.5, 0.6) is 0 Å². The zero-order chi connectivity index (χ0) is 13.9. The van der Waals surface area contributed by atoms with Crippen LogP contribution in [-0.2, 0) is 11.0 Å². The quantitative estimate of drug-likeness (QED) is 0.881. The van der Waals surface area contributed by atoms with Crippen molar-refractivity contribution in [3.05, 3.63) is 29.8 Å². The Morgan fingerprint density at radius 3 is 2.70 bits per heavy atom. The van der Waals surface area contributed by atoms with Crippen LogP contribution in [0.25, 0.3) is 0 Å². The van der Waals surface area contributed by atoms with E-state index in [9.17, 15) is 18.0 Å². The highest BCUT2D eigenvalue weighted by Gasteiger charge is 2.30. The van der Waals surface area contributed by atoms with E-state index in [2.05, 4.69) is 10.6 Å². The van der Waals surface area contributed by atoms with Crippen molar-refractivity contribution < 1.29 is 18.0 Å². The molecule has 0 radical (unpaired) electrons. The molecule has 7 heteroatoms. The van der Waals surface area contributed by atoms with Crippen molar-refractivity contribution >= 4 is 24.0 Å². The highest BCUT2D eigenvalue weighted by molar-refractivity contribution is 5.92. The van der Waals surface area contributed by atoms with Crippen molar-refractivity contribution in [2.45, 2.75) is 19.0 Å². The van der Waals surface area contributed by atoms with E-state index < -0.39 is 11.7 Å². The average molecular weight is 309 g/mol. The Labute approximate surface area is 121 Å². The minimum atomic E-state index is -4.40. The zero-order valence-electron chi connectivity index (χ0n) is 10.7. The largest absolute Gasteiger partial charge is 0.416 e. The number of amides is 1. The molecule has 1 aromatic carbocycles. The van der Waals surface area contributed by atoms with Crippen LogP contribution in [0.1, 0.15) is 18.4 Å². The second-order valence-electron chi connectivity index (χ2n) is 4.61. The normalized spacial score (nSPS) is 19.1. The first-order chi connectivity index (χ1) is 8.97. The van der Waals surface area contributed by atoms with Crippen molar-refractivity contribution in [3.8, 4) is 0 Å². The lowest BCUT2D eigenvalue weighted by Gasteiger charge is -2.22. The Morgan fingerprint density at radius 1 is 1.35 bits per heavy atom. The van der Waals surface area contributed by atoms with Gasteiger partial charge in [0.1, 0.15) is 0 Å². The maximum Gasteiger partial charge on any atom is 0.416 e. The van der Waals surface area contributed by atoms with Crippen molar-refractivity contribution in [1.29, 1.82) is 0 Å². The van der Waals surface area contributed by atoms with E-state index in [-0.39, 0.29) is 29.9 Å². The maximum absolute atomic E-state index is 12.5. The number of carbonyl (C=O) groups is 1. The molecule has 1 aliphatic rings. The lowest BCUT2D eigenvalue weighted by molar-refractivity contribution is -0.137. The van der Waals surface area contributed by atoms with Crippen LogP contribution < -0.4 is 10.6 Å². The molecule has 2 rings (SSSR count). The van der Waals surface area contributed by atoms with E-state index >= 15 is 0 Å². The highest BCUT2D eigenvalue weighted by Crippen LogP contribution is 2.30. The summed E-state index contributed by atoms with van der Waals surface area (Å²) in [6, 6.07) is 4.69. The van der Waals surface area contributed by atoms with E-state index in [0.29, 0.717) is 6.54 Å². The van der Waals surface area contributed by atoms with Gasteiger partial charge < -0.3 is 10.6 Å². The number of nitrogens with one attached hydrogen (secondary N) is 2. The summed E-state index contributed by atoms with van der Waals surface area (Å²) in [6.07, 6.45) is -2.73. The van der Waals surface area contributed by atoms with Gasteiger partial charge in [-0.15, -0.1) is 12.4 Å². The minimum absolute atomic E-state index is 0. The van der Waals surface area contributed by atoms with Crippen LogP contribution in [0.3, 0.4) is 0 Å². The number of benzene rings is 1. The molecular formula is C13H16ClF3N2O. The summed E-state index contributed by atoms with van der Waals surface area (Å²) in [6.45, 7) is 1.46. The first-order valence-corrected chi connectivity index (χ1v) is 6.15. The second kappa shape index (κ2) is 6.95. The van der Waals surface area contributed by atoms with Gasteiger partial charge in [0.05, 0.1) is 11.5 Å². The van der Waals surface area contributed by atoms with E-state index in [1.165, 1.54) is 12.1 Å². The van der Waals surface area contributed by atoms with E-state index in [1.807, 2.05) is 0 Å². The van der Waals surface area contributed by atoms with Crippen molar-refractivity contribution in [2.24, 2.45) is 5.92 Å². The van der Waals surface area contributed by atoms with Gasteiger partial charge in [0.2, 0.25) is 5.91 Å². The first-order valence-electron chi connectivity index (χ1n) is 6.15. The van der Waals surface area contributed by atoms with Gasteiger partial charge in [0, 0.05) is 12.2 Å². The lowest BCUT2D eigenvalue weighted by Crippen LogP contribution is -2.37. The monoisotopic (exact) mass is 308 g/mol. The molecule has 1 saturated heterocycles. The number of alkyl halides is 3. The molecule has 3 nitrogen and oxygen atoms in total.